The highest BCUT2D eigenvalue weighted by Crippen LogP contribution is 2.43. The second-order valence-corrected chi connectivity index (χ2v) is 8.51. The Kier molecular flexibility index (Phi) is 4.29. The second-order valence-electron chi connectivity index (χ2n) is 8.07. The maximum absolute atomic E-state index is 13.4. The number of nitriles is 1. The summed E-state index contributed by atoms with van der Waals surface area (Å²) in [6.07, 6.45) is 5.46. The van der Waals surface area contributed by atoms with Gasteiger partial charge in [-0.25, -0.2) is 0 Å². The zero-order valence-electron chi connectivity index (χ0n) is 15.4. The molecule has 2 heterocycles. The van der Waals surface area contributed by atoms with Crippen molar-refractivity contribution in [3.05, 3.63) is 52.1 Å². The summed E-state index contributed by atoms with van der Waals surface area (Å²) in [5.74, 6) is 0.278. The molecule has 0 aromatic heterocycles. The van der Waals surface area contributed by atoms with E-state index in [1.807, 2.05) is 23.1 Å². The molecule has 1 saturated carbocycles. The SMILES string of the molecule is CC(C)(O)C(C1CC1)N1Cc2cccc(C3=CC(Cl)=CC(C#N)N3)c2C1=O. The number of hydrogen-bond acceptors (Lipinski definition) is 4. The molecule has 0 saturated heterocycles. The zero-order valence-corrected chi connectivity index (χ0v) is 16.1. The third-order valence-electron chi connectivity index (χ3n) is 5.44. The molecular formula is C21H22ClN3O2. The third kappa shape index (κ3) is 3.24. The Morgan fingerprint density at radius 1 is 1.41 bits per heavy atom. The maximum atomic E-state index is 13.4. The first-order chi connectivity index (χ1) is 12.8. The fourth-order valence-corrected chi connectivity index (χ4v) is 4.51. The molecule has 0 radical (unpaired) electrons. The van der Waals surface area contributed by atoms with E-state index in [1.54, 1.807) is 26.0 Å². The number of rotatable bonds is 4. The van der Waals surface area contributed by atoms with Crippen LogP contribution in [0.2, 0.25) is 0 Å². The Balaban J connectivity index is 1.73. The molecule has 27 heavy (non-hydrogen) atoms. The monoisotopic (exact) mass is 383 g/mol. The lowest BCUT2D eigenvalue weighted by Crippen LogP contribution is -2.51. The molecule has 6 heteroatoms. The summed E-state index contributed by atoms with van der Waals surface area (Å²) in [5.41, 5.74) is 2.03. The van der Waals surface area contributed by atoms with E-state index in [4.69, 9.17) is 11.6 Å². The smallest absolute Gasteiger partial charge is 0.255 e. The van der Waals surface area contributed by atoms with Gasteiger partial charge in [-0.05, 0) is 50.3 Å². The maximum Gasteiger partial charge on any atom is 0.255 e. The molecule has 0 spiro atoms. The van der Waals surface area contributed by atoms with Crippen LogP contribution in [0.3, 0.4) is 0 Å². The molecule has 2 unspecified atom stereocenters. The minimum Gasteiger partial charge on any atom is -0.388 e. The van der Waals surface area contributed by atoms with Crippen molar-refractivity contribution in [3.63, 3.8) is 0 Å². The normalized spacial score (nSPS) is 23.1. The molecule has 2 N–H and O–H groups in total. The van der Waals surface area contributed by atoms with Gasteiger partial charge in [0.15, 0.2) is 0 Å². The van der Waals surface area contributed by atoms with Gasteiger partial charge in [0.05, 0.1) is 23.3 Å². The average Bonchev–Trinajstić information content (AvgIpc) is 3.37. The van der Waals surface area contributed by atoms with Crippen LogP contribution < -0.4 is 5.32 Å². The molecule has 0 bridgehead atoms. The van der Waals surface area contributed by atoms with Crippen molar-refractivity contribution in [1.82, 2.24) is 10.2 Å². The molecule has 1 amide bonds. The van der Waals surface area contributed by atoms with E-state index >= 15 is 0 Å². The summed E-state index contributed by atoms with van der Waals surface area (Å²) < 4.78 is 0. The molecule has 2 aliphatic heterocycles. The third-order valence-corrected chi connectivity index (χ3v) is 5.68. The fraction of sp³-hybridized carbons (Fsp3) is 0.429. The van der Waals surface area contributed by atoms with Gasteiger partial charge in [-0.1, -0.05) is 29.8 Å². The van der Waals surface area contributed by atoms with Crippen LogP contribution in [0.4, 0.5) is 0 Å². The van der Waals surface area contributed by atoms with Crippen molar-refractivity contribution >= 4 is 23.2 Å². The van der Waals surface area contributed by atoms with Crippen LogP contribution in [0, 0.1) is 17.2 Å². The van der Waals surface area contributed by atoms with Crippen molar-refractivity contribution in [2.24, 2.45) is 5.92 Å². The van der Waals surface area contributed by atoms with Gasteiger partial charge in [-0.3, -0.25) is 4.79 Å². The first-order valence-electron chi connectivity index (χ1n) is 9.20. The number of fused-ring (bicyclic) bond motifs is 1. The zero-order chi connectivity index (χ0) is 19.3. The van der Waals surface area contributed by atoms with Crippen molar-refractivity contribution in [3.8, 4) is 6.07 Å². The molecule has 1 fully saturated rings. The average molecular weight is 384 g/mol. The second kappa shape index (κ2) is 6.40. The summed E-state index contributed by atoms with van der Waals surface area (Å²) >= 11 is 6.18. The molecule has 140 valence electrons. The largest absolute Gasteiger partial charge is 0.388 e. The number of benzene rings is 1. The van der Waals surface area contributed by atoms with Crippen LogP contribution in [-0.4, -0.2) is 33.6 Å². The Labute approximate surface area is 163 Å². The van der Waals surface area contributed by atoms with E-state index in [1.165, 1.54) is 0 Å². The molecule has 4 rings (SSSR count). The first kappa shape index (κ1) is 18.1. The molecule has 5 nitrogen and oxygen atoms in total. The van der Waals surface area contributed by atoms with E-state index < -0.39 is 11.6 Å². The lowest BCUT2D eigenvalue weighted by Gasteiger charge is -2.37. The highest BCUT2D eigenvalue weighted by molar-refractivity contribution is 6.32. The predicted molar refractivity (Wildman–Crippen MR) is 104 cm³/mol. The van der Waals surface area contributed by atoms with Gasteiger partial charge in [0.1, 0.15) is 6.04 Å². The van der Waals surface area contributed by atoms with E-state index in [2.05, 4.69) is 11.4 Å². The van der Waals surface area contributed by atoms with Crippen molar-refractivity contribution < 1.29 is 9.90 Å². The standard InChI is InChI=1S/C21H22ClN3O2/c1-21(2,27)19(12-6-7-12)25-11-13-4-3-5-16(18(13)20(25)26)17-9-14(22)8-15(10-23)24-17/h3-5,8-9,12,15,19,24,27H,6-7,11H2,1-2H3. The van der Waals surface area contributed by atoms with Crippen LogP contribution in [0.15, 0.2) is 35.4 Å². The minimum absolute atomic E-state index is 0.0680. The topological polar surface area (TPSA) is 76.4 Å². The number of halogens is 1. The lowest BCUT2D eigenvalue weighted by molar-refractivity contribution is -0.0224. The van der Waals surface area contributed by atoms with Crippen LogP contribution in [-0.2, 0) is 6.54 Å². The molecule has 1 aliphatic carbocycles. The number of carbonyl (C=O) groups excluding carboxylic acids is 1. The number of hydrogen-bond donors (Lipinski definition) is 2. The quantitative estimate of drug-likeness (QED) is 0.837. The molecule has 3 aliphatic rings. The summed E-state index contributed by atoms with van der Waals surface area (Å²) in [4.78, 5) is 15.2. The summed E-state index contributed by atoms with van der Waals surface area (Å²) in [6.45, 7) is 4.05. The van der Waals surface area contributed by atoms with E-state index in [0.717, 1.165) is 24.0 Å². The predicted octanol–water partition coefficient (Wildman–Crippen LogP) is 3.15. The minimum atomic E-state index is -0.959. The number of nitrogens with one attached hydrogen (secondary N) is 1. The Bertz CT molecular complexity index is 903. The number of aliphatic hydroxyl groups is 1. The highest BCUT2D eigenvalue weighted by atomic mass is 35.5. The van der Waals surface area contributed by atoms with E-state index in [9.17, 15) is 15.2 Å². The Hall–Kier alpha value is -2.29. The van der Waals surface area contributed by atoms with Gasteiger partial charge in [0.25, 0.3) is 5.91 Å². The highest BCUT2D eigenvalue weighted by Gasteiger charge is 2.48. The number of dihydropyridines is 1. The van der Waals surface area contributed by atoms with Gasteiger partial charge in [-0.15, -0.1) is 0 Å². The summed E-state index contributed by atoms with van der Waals surface area (Å²) in [5, 5.41) is 23.5. The summed E-state index contributed by atoms with van der Waals surface area (Å²) in [6, 6.07) is 7.15. The Morgan fingerprint density at radius 3 is 2.78 bits per heavy atom. The van der Waals surface area contributed by atoms with Crippen LogP contribution in [0.25, 0.3) is 5.70 Å². The summed E-state index contributed by atoms with van der Waals surface area (Å²) in [7, 11) is 0. The van der Waals surface area contributed by atoms with Crippen LogP contribution >= 0.6 is 11.6 Å². The van der Waals surface area contributed by atoms with Gasteiger partial charge in [0, 0.05) is 22.8 Å². The van der Waals surface area contributed by atoms with Gasteiger partial charge in [-0.2, -0.15) is 5.26 Å². The van der Waals surface area contributed by atoms with Gasteiger partial charge >= 0.3 is 0 Å². The Morgan fingerprint density at radius 2 is 2.15 bits per heavy atom. The molecule has 2 atom stereocenters. The lowest BCUT2D eigenvalue weighted by atomic mass is 9.93. The van der Waals surface area contributed by atoms with Crippen molar-refractivity contribution in [1.29, 1.82) is 5.26 Å². The molecule has 1 aromatic carbocycles. The van der Waals surface area contributed by atoms with E-state index in [-0.39, 0.29) is 11.9 Å². The van der Waals surface area contributed by atoms with Crippen molar-refractivity contribution in [2.75, 3.05) is 0 Å². The number of carbonyl (C=O) groups is 1. The van der Waals surface area contributed by atoms with Crippen LogP contribution in [0.5, 0.6) is 0 Å². The van der Waals surface area contributed by atoms with E-state index in [0.29, 0.717) is 28.8 Å². The van der Waals surface area contributed by atoms with Gasteiger partial charge < -0.3 is 15.3 Å². The first-order valence-corrected chi connectivity index (χ1v) is 9.58. The number of amides is 1. The fourth-order valence-electron chi connectivity index (χ4n) is 4.28. The molecular weight excluding hydrogens is 362 g/mol. The number of allylic oxidation sites excluding steroid dienone is 2. The molecule has 1 aromatic rings. The van der Waals surface area contributed by atoms with Crippen LogP contribution in [0.1, 0.15) is 48.2 Å². The van der Waals surface area contributed by atoms with Gasteiger partial charge in [0.2, 0.25) is 0 Å². The number of nitrogens with zero attached hydrogens (tertiary/aromatic N) is 2. The van der Waals surface area contributed by atoms with Crippen molar-refractivity contribution in [2.45, 2.75) is 50.9 Å².